The van der Waals surface area contributed by atoms with E-state index in [1.54, 1.807) is 6.20 Å². The monoisotopic (exact) mass is 246 g/mol. The molecule has 98 valence electrons. The lowest BCUT2D eigenvalue weighted by Gasteiger charge is -2.15. The van der Waals surface area contributed by atoms with Crippen molar-refractivity contribution in [3.63, 3.8) is 0 Å². The van der Waals surface area contributed by atoms with Crippen molar-refractivity contribution in [1.29, 1.82) is 0 Å². The summed E-state index contributed by atoms with van der Waals surface area (Å²) in [6, 6.07) is 7.73. The second kappa shape index (κ2) is 6.84. The maximum atomic E-state index is 11.7. The molecule has 0 aliphatic rings. The minimum Gasteiger partial charge on any atom is -0.314 e. The molecule has 0 saturated carbocycles. The molecule has 0 saturated heterocycles. The van der Waals surface area contributed by atoms with Crippen molar-refractivity contribution in [3.05, 3.63) is 41.6 Å². The van der Waals surface area contributed by atoms with E-state index in [9.17, 15) is 4.79 Å². The number of carbonyl (C=O) groups is 1. The Kier molecular flexibility index (Phi) is 5.43. The number of amides is 2. The highest BCUT2D eigenvalue weighted by atomic mass is 16.2. The first-order chi connectivity index (χ1) is 8.54. The molecule has 0 spiro atoms. The first-order valence-electron chi connectivity index (χ1n) is 6.34. The van der Waals surface area contributed by atoms with Crippen LogP contribution in [0.5, 0.6) is 0 Å². The predicted octanol–water partition coefficient (Wildman–Crippen LogP) is 4.25. The van der Waals surface area contributed by atoms with Crippen molar-refractivity contribution in [2.45, 2.75) is 40.0 Å². The van der Waals surface area contributed by atoms with Gasteiger partial charge in [-0.25, -0.2) is 4.79 Å². The van der Waals surface area contributed by atoms with Gasteiger partial charge >= 0.3 is 6.03 Å². The molecule has 0 aromatic heterocycles. The SMILES string of the molecule is CCC(C)c1ccccc1NC(=O)NC=C(C)C. The number of allylic oxidation sites excluding steroid dienone is 1. The van der Waals surface area contributed by atoms with Crippen LogP contribution in [0.4, 0.5) is 10.5 Å². The molecule has 18 heavy (non-hydrogen) atoms. The summed E-state index contributed by atoms with van der Waals surface area (Å²) in [5.74, 6) is 0.435. The molecule has 0 aliphatic heterocycles. The molecule has 1 atom stereocenters. The molecule has 0 radical (unpaired) electrons. The summed E-state index contributed by atoms with van der Waals surface area (Å²) in [6.07, 6.45) is 2.75. The number of nitrogens with one attached hydrogen (secondary N) is 2. The molecular formula is C15H22N2O. The minimum absolute atomic E-state index is 0.202. The first kappa shape index (κ1) is 14.3. The van der Waals surface area contributed by atoms with Crippen molar-refractivity contribution in [2.24, 2.45) is 0 Å². The van der Waals surface area contributed by atoms with E-state index in [1.165, 1.54) is 5.56 Å². The average Bonchev–Trinajstić information content (AvgIpc) is 2.36. The van der Waals surface area contributed by atoms with Gasteiger partial charge in [0, 0.05) is 11.9 Å². The molecule has 1 aromatic carbocycles. The van der Waals surface area contributed by atoms with Crippen LogP contribution < -0.4 is 10.6 Å². The van der Waals surface area contributed by atoms with E-state index in [0.717, 1.165) is 17.7 Å². The van der Waals surface area contributed by atoms with Crippen molar-refractivity contribution < 1.29 is 4.79 Å². The van der Waals surface area contributed by atoms with E-state index in [1.807, 2.05) is 32.0 Å². The Bertz CT molecular complexity index is 434. The zero-order valence-electron chi connectivity index (χ0n) is 11.6. The highest BCUT2D eigenvalue weighted by molar-refractivity contribution is 5.90. The molecule has 1 unspecified atom stereocenters. The Labute approximate surface area is 109 Å². The minimum atomic E-state index is -0.202. The largest absolute Gasteiger partial charge is 0.323 e. The fourth-order valence-corrected chi connectivity index (χ4v) is 1.63. The number of para-hydroxylation sites is 1. The van der Waals surface area contributed by atoms with Crippen molar-refractivity contribution >= 4 is 11.7 Å². The number of urea groups is 1. The summed E-state index contributed by atoms with van der Waals surface area (Å²) in [7, 11) is 0. The van der Waals surface area contributed by atoms with Gasteiger partial charge in [-0.3, -0.25) is 0 Å². The summed E-state index contributed by atoms with van der Waals surface area (Å²) in [6.45, 7) is 8.18. The Balaban J connectivity index is 2.78. The maximum absolute atomic E-state index is 11.7. The zero-order valence-corrected chi connectivity index (χ0v) is 11.6. The fourth-order valence-electron chi connectivity index (χ4n) is 1.63. The Morgan fingerprint density at radius 1 is 1.33 bits per heavy atom. The van der Waals surface area contributed by atoms with E-state index >= 15 is 0 Å². The predicted molar refractivity (Wildman–Crippen MR) is 76.7 cm³/mol. The number of rotatable bonds is 4. The lowest BCUT2D eigenvalue weighted by atomic mass is 9.97. The Morgan fingerprint density at radius 2 is 2.00 bits per heavy atom. The van der Waals surface area contributed by atoms with Gasteiger partial charge in [0.15, 0.2) is 0 Å². The maximum Gasteiger partial charge on any atom is 0.323 e. The molecular weight excluding hydrogens is 224 g/mol. The summed E-state index contributed by atoms with van der Waals surface area (Å²) in [5.41, 5.74) is 3.11. The van der Waals surface area contributed by atoms with Crippen LogP contribution in [0.2, 0.25) is 0 Å². The first-order valence-corrected chi connectivity index (χ1v) is 6.34. The molecule has 0 heterocycles. The summed E-state index contributed by atoms with van der Waals surface area (Å²) in [4.78, 5) is 11.7. The van der Waals surface area contributed by atoms with Gasteiger partial charge in [-0.1, -0.05) is 37.6 Å². The molecule has 3 heteroatoms. The molecule has 0 fully saturated rings. The van der Waals surface area contributed by atoms with Gasteiger partial charge in [0.05, 0.1) is 0 Å². The molecule has 2 amide bonds. The van der Waals surface area contributed by atoms with Gasteiger partial charge in [0.1, 0.15) is 0 Å². The lowest BCUT2D eigenvalue weighted by molar-refractivity contribution is 0.255. The van der Waals surface area contributed by atoms with Gasteiger partial charge in [-0.2, -0.15) is 0 Å². The van der Waals surface area contributed by atoms with Crippen LogP contribution in [0.15, 0.2) is 36.0 Å². The smallest absolute Gasteiger partial charge is 0.314 e. The Morgan fingerprint density at radius 3 is 2.61 bits per heavy atom. The molecule has 1 rings (SSSR count). The van der Waals surface area contributed by atoms with Gasteiger partial charge in [-0.05, 0) is 37.8 Å². The highest BCUT2D eigenvalue weighted by Crippen LogP contribution is 2.26. The zero-order chi connectivity index (χ0) is 13.5. The number of carbonyl (C=O) groups excluding carboxylic acids is 1. The molecule has 0 aliphatic carbocycles. The normalized spacial score (nSPS) is 11.6. The highest BCUT2D eigenvalue weighted by Gasteiger charge is 2.09. The number of benzene rings is 1. The standard InChI is InChI=1S/C15H22N2O/c1-5-12(4)13-8-6-7-9-14(13)17-15(18)16-10-11(2)3/h6-10,12H,5H2,1-4H3,(H2,16,17,18). The van der Waals surface area contributed by atoms with Crippen LogP contribution >= 0.6 is 0 Å². The third kappa shape index (κ3) is 4.24. The quantitative estimate of drug-likeness (QED) is 0.819. The summed E-state index contributed by atoms with van der Waals surface area (Å²) >= 11 is 0. The average molecular weight is 246 g/mol. The molecule has 3 nitrogen and oxygen atoms in total. The van der Waals surface area contributed by atoms with Crippen LogP contribution in [0.1, 0.15) is 45.6 Å². The van der Waals surface area contributed by atoms with Gasteiger partial charge in [0.2, 0.25) is 0 Å². The van der Waals surface area contributed by atoms with Crippen molar-refractivity contribution in [2.75, 3.05) is 5.32 Å². The van der Waals surface area contributed by atoms with Crippen LogP contribution in [0, 0.1) is 0 Å². The van der Waals surface area contributed by atoms with Crippen molar-refractivity contribution in [1.82, 2.24) is 5.32 Å². The molecule has 1 aromatic rings. The molecule has 2 N–H and O–H groups in total. The van der Waals surface area contributed by atoms with Gasteiger partial charge in [0.25, 0.3) is 0 Å². The van der Waals surface area contributed by atoms with Gasteiger partial charge < -0.3 is 10.6 Å². The third-order valence-electron chi connectivity index (χ3n) is 2.84. The van der Waals surface area contributed by atoms with Crippen LogP contribution in [-0.4, -0.2) is 6.03 Å². The van der Waals surface area contributed by atoms with Gasteiger partial charge in [-0.15, -0.1) is 0 Å². The Hall–Kier alpha value is -1.77. The third-order valence-corrected chi connectivity index (χ3v) is 2.84. The van der Waals surface area contributed by atoms with E-state index in [0.29, 0.717) is 5.92 Å². The number of hydrogen-bond acceptors (Lipinski definition) is 1. The second-order valence-electron chi connectivity index (χ2n) is 4.72. The van der Waals surface area contributed by atoms with E-state index < -0.39 is 0 Å². The van der Waals surface area contributed by atoms with Crippen LogP contribution in [0.25, 0.3) is 0 Å². The van der Waals surface area contributed by atoms with Crippen molar-refractivity contribution in [3.8, 4) is 0 Å². The molecule has 0 bridgehead atoms. The topological polar surface area (TPSA) is 41.1 Å². The fraction of sp³-hybridized carbons (Fsp3) is 0.400. The lowest BCUT2D eigenvalue weighted by Crippen LogP contribution is -2.24. The van der Waals surface area contributed by atoms with E-state index in [4.69, 9.17) is 0 Å². The second-order valence-corrected chi connectivity index (χ2v) is 4.72. The van der Waals surface area contributed by atoms with Crippen LogP contribution in [-0.2, 0) is 0 Å². The van der Waals surface area contributed by atoms with Crippen LogP contribution in [0.3, 0.4) is 0 Å². The van der Waals surface area contributed by atoms with E-state index in [-0.39, 0.29) is 6.03 Å². The number of anilines is 1. The number of hydrogen-bond donors (Lipinski definition) is 2. The summed E-state index contributed by atoms with van der Waals surface area (Å²) in [5, 5.41) is 5.59. The summed E-state index contributed by atoms with van der Waals surface area (Å²) < 4.78 is 0. The van der Waals surface area contributed by atoms with E-state index in [2.05, 4.69) is 30.5 Å².